The van der Waals surface area contributed by atoms with Crippen molar-refractivity contribution in [2.45, 2.75) is 19.8 Å². The molecule has 0 unspecified atom stereocenters. The molecular weight excluding hydrogens is 305 g/mol. The standard InChI is InChI=1S/C20H18FNO2/c1-14-2-4-15(5-3-14)19-12-10-18(11-13-20(23)24)22(19)17-8-6-16(21)7-9-17/h2-10,12H,11,13H2,1H3,(H,23,24). The molecule has 1 heterocycles. The molecule has 0 saturated carbocycles. The molecule has 0 aliphatic heterocycles. The Kier molecular flexibility index (Phi) is 4.47. The first-order valence-electron chi connectivity index (χ1n) is 7.80. The van der Waals surface area contributed by atoms with Crippen LogP contribution in [-0.4, -0.2) is 15.6 Å². The first kappa shape index (κ1) is 16.0. The zero-order chi connectivity index (χ0) is 17.1. The summed E-state index contributed by atoms with van der Waals surface area (Å²) in [5.74, 6) is -1.13. The predicted octanol–water partition coefficient (Wildman–Crippen LogP) is 4.61. The van der Waals surface area contributed by atoms with Gasteiger partial charge in [0.05, 0.1) is 12.1 Å². The van der Waals surface area contributed by atoms with Crippen molar-refractivity contribution >= 4 is 5.97 Å². The van der Waals surface area contributed by atoms with E-state index in [-0.39, 0.29) is 12.2 Å². The zero-order valence-corrected chi connectivity index (χ0v) is 13.4. The van der Waals surface area contributed by atoms with Crippen molar-refractivity contribution in [1.82, 2.24) is 4.57 Å². The van der Waals surface area contributed by atoms with Crippen LogP contribution >= 0.6 is 0 Å². The SMILES string of the molecule is Cc1ccc(-c2ccc(CCC(=O)O)n2-c2ccc(F)cc2)cc1. The van der Waals surface area contributed by atoms with Crippen molar-refractivity contribution in [2.24, 2.45) is 0 Å². The van der Waals surface area contributed by atoms with Crippen molar-refractivity contribution in [3.8, 4) is 16.9 Å². The molecule has 1 N–H and O–H groups in total. The summed E-state index contributed by atoms with van der Waals surface area (Å²) < 4.78 is 15.3. The molecule has 3 rings (SSSR count). The van der Waals surface area contributed by atoms with Crippen LogP contribution in [0.15, 0.2) is 60.7 Å². The highest BCUT2D eigenvalue weighted by molar-refractivity contribution is 5.68. The number of hydrogen-bond acceptors (Lipinski definition) is 1. The topological polar surface area (TPSA) is 42.2 Å². The fraction of sp³-hybridized carbons (Fsp3) is 0.150. The molecule has 0 spiro atoms. The third-order valence-corrected chi connectivity index (χ3v) is 3.99. The van der Waals surface area contributed by atoms with Crippen LogP contribution in [0.5, 0.6) is 0 Å². The summed E-state index contributed by atoms with van der Waals surface area (Å²) in [5.41, 5.74) is 4.87. The van der Waals surface area contributed by atoms with E-state index in [4.69, 9.17) is 5.11 Å². The quantitative estimate of drug-likeness (QED) is 0.745. The number of carbonyl (C=O) groups is 1. The summed E-state index contributed by atoms with van der Waals surface area (Å²) in [6.45, 7) is 2.03. The molecule has 3 nitrogen and oxygen atoms in total. The van der Waals surface area contributed by atoms with E-state index in [9.17, 15) is 9.18 Å². The lowest BCUT2D eigenvalue weighted by Gasteiger charge is -2.14. The number of aromatic nitrogens is 1. The molecule has 0 saturated heterocycles. The van der Waals surface area contributed by atoms with Crippen molar-refractivity contribution < 1.29 is 14.3 Å². The minimum atomic E-state index is -0.834. The van der Waals surface area contributed by atoms with Crippen molar-refractivity contribution in [2.75, 3.05) is 0 Å². The van der Waals surface area contributed by atoms with Crippen LogP contribution in [0.3, 0.4) is 0 Å². The lowest BCUT2D eigenvalue weighted by Crippen LogP contribution is -2.05. The Bertz CT molecular complexity index is 848. The van der Waals surface area contributed by atoms with Crippen LogP contribution in [0.2, 0.25) is 0 Å². The van der Waals surface area contributed by atoms with Crippen LogP contribution in [0, 0.1) is 12.7 Å². The van der Waals surface area contributed by atoms with Gasteiger partial charge in [0.25, 0.3) is 0 Å². The first-order valence-corrected chi connectivity index (χ1v) is 7.80. The minimum Gasteiger partial charge on any atom is -0.481 e. The van der Waals surface area contributed by atoms with Crippen LogP contribution in [0.1, 0.15) is 17.7 Å². The van der Waals surface area contributed by atoms with Gasteiger partial charge < -0.3 is 9.67 Å². The molecule has 0 fully saturated rings. The zero-order valence-electron chi connectivity index (χ0n) is 13.4. The Hall–Kier alpha value is -2.88. The van der Waals surface area contributed by atoms with Gasteiger partial charge in [-0.05, 0) is 55.3 Å². The minimum absolute atomic E-state index is 0.0541. The fourth-order valence-corrected chi connectivity index (χ4v) is 2.75. The van der Waals surface area contributed by atoms with Gasteiger partial charge in [0.15, 0.2) is 0 Å². The molecule has 24 heavy (non-hydrogen) atoms. The monoisotopic (exact) mass is 323 g/mol. The van der Waals surface area contributed by atoms with E-state index in [1.165, 1.54) is 17.7 Å². The van der Waals surface area contributed by atoms with E-state index in [1.807, 2.05) is 47.9 Å². The van der Waals surface area contributed by atoms with Crippen LogP contribution in [0.25, 0.3) is 16.9 Å². The van der Waals surface area contributed by atoms with Gasteiger partial charge >= 0.3 is 5.97 Å². The largest absolute Gasteiger partial charge is 0.481 e. The number of aryl methyl sites for hydroxylation is 2. The molecule has 1 aromatic heterocycles. The Morgan fingerprint density at radius 1 is 1.00 bits per heavy atom. The lowest BCUT2D eigenvalue weighted by molar-refractivity contribution is -0.136. The first-order chi connectivity index (χ1) is 11.5. The molecule has 0 atom stereocenters. The number of halogens is 1. The number of benzene rings is 2. The Morgan fingerprint density at radius 2 is 1.67 bits per heavy atom. The van der Waals surface area contributed by atoms with E-state index in [0.29, 0.717) is 6.42 Å². The second-order valence-electron chi connectivity index (χ2n) is 5.78. The van der Waals surface area contributed by atoms with Gasteiger partial charge in [-0.3, -0.25) is 4.79 Å². The molecule has 0 radical (unpaired) electrons. The highest BCUT2D eigenvalue weighted by Gasteiger charge is 2.13. The summed E-state index contributed by atoms with van der Waals surface area (Å²) in [4.78, 5) is 10.9. The van der Waals surface area contributed by atoms with Crippen LogP contribution in [-0.2, 0) is 11.2 Å². The smallest absolute Gasteiger partial charge is 0.303 e. The summed E-state index contributed by atoms with van der Waals surface area (Å²) in [5, 5.41) is 8.97. The lowest BCUT2D eigenvalue weighted by atomic mass is 10.1. The Morgan fingerprint density at radius 3 is 2.29 bits per heavy atom. The molecule has 0 aliphatic rings. The summed E-state index contributed by atoms with van der Waals surface area (Å²) >= 11 is 0. The number of hydrogen-bond donors (Lipinski definition) is 1. The van der Waals surface area contributed by atoms with Gasteiger partial charge in [-0.25, -0.2) is 4.39 Å². The van der Waals surface area contributed by atoms with E-state index in [2.05, 4.69) is 0 Å². The number of carboxylic acids is 1. The van der Waals surface area contributed by atoms with Crippen molar-refractivity contribution in [3.05, 3.63) is 77.7 Å². The van der Waals surface area contributed by atoms with E-state index in [0.717, 1.165) is 22.6 Å². The number of nitrogens with zero attached hydrogens (tertiary/aromatic N) is 1. The van der Waals surface area contributed by atoms with E-state index < -0.39 is 5.97 Å². The Balaban J connectivity index is 2.09. The third-order valence-electron chi connectivity index (χ3n) is 3.99. The molecule has 2 aromatic carbocycles. The van der Waals surface area contributed by atoms with Gasteiger partial charge in [-0.2, -0.15) is 0 Å². The highest BCUT2D eigenvalue weighted by Crippen LogP contribution is 2.28. The molecule has 0 bridgehead atoms. The third kappa shape index (κ3) is 3.38. The molecule has 4 heteroatoms. The van der Waals surface area contributed by atoms with Gasteiger partial charge in [-0.15, -0.1) is 0 Å². The maximum absolute atomic E-state index is 13.3. The van der Waals surface area contributed by atoms with Gasteiger partial charge in [0.1, 0.15) is 5.82 Å². The highest BCUT2D eigenvalue weighted by atomic mass is 19.1. The average Bonchev–Trinajstić information content (AvgIpc) is 2.98. The van der Waals surface area contributed by atoms with Crippen LogP contribution < -0.4 is 0 Å². The molecule has 0 amide bonds. The maximum atomic E-state index is 13.3. The van der Waals surface area contributed by atoms with Gasteiger partial charge in [-0.1, -0.05) is 29.8 Å². The van der Waals surface area contributed by atoms with Crippen LogP contribution in [0.4, 0.5) is 4.39 Å². The van der Waals surface area contributed by atoms with Crippen molar-refractivity contribution in [3.63, 3.8) is 0 Å². The van der Waals surface area contributed by atoms with Gasteiger partial charge in [0, 0.05) is 11.4 Å². The molecule has 0 aliphatic carbocycles. The normalized spacial score (nSPS) is 10.8. The Labute approximate surface area is 140 Å². The number of aliphatic carboxylic acids is 1. The summed E-state index contributed by atoms with van der Waals surface area (Å²) in [7, 11) is 0. The van der Waals surface area contributed by atoms with Crippen molar-refractivity contribution in [1.29, 1.82) is 0 Å². The number of rotatable bonds is 5. The average molecular weight is 323 g/mol. The fourth-order valence-electron chi connectivity index (χ4n) is 2.75. The van der Waals surface area contributed by atoms with E-state index >= 15 is 0 Å². The number of carboxylic acid groups (broad SMARTS) is 1. The molecule has 3 aromatic rings. The summed E-state index contributed by atoms with van der Waals surface area (Å²) in [6.07, 6.45) is 0.469. The second-order valence-corrected chi connectivity index (χ2v) is 5.78. The molecular formula is C20H18FNO2. The maximum Gasteiger partial charge on any atom is 0.303 e. The predicted molar refractivity (Wildman–Crippen MR) is 91.9 cm³/mol. The van der Waals surface area contributed by atoms with E-state index in [1.54, 1.807) is 12.1 Å². The summed E-state index contributed by atoms with van der Waals surface area (Å²) in [6, 6.07) is 18.3. The second kappa shape index (κ2) is 6.71. The van der Waals surface area contributed by atoms with Gasteiger partial charge in [0.2, 0.25) is 0 Å². The molecule has 122 valence electrons.